The minimum Gasteiger partial charge on any atom is -0.317 e. The molecule has 0 aliphatic carbocycles. The average molecular weight is 219 g/mol. The summed E-state index contributed by atoms with van der Waals surface area (Å²) in [5, 5.41) is 10.3. The number of thiocarbonyl (C=S) groups is 1. The molecule has 0 atom stereocenters. The molecule has 0 fully saturated rings. The molecule has 76 valence electrons. The summed E-state index contributed by atoms with van der Waals surface area (Å²) in [7, 11) is 0. The molecule has 5 heteroatoms. The van der Waals surface area contributed by atoms with Crippen molar-refractivity contribution in [3.63, 3.8) is 0 Å². The number of fused-ring (bicyclic) bond motifs is 1. The predicted molar refractivity (Wildman–Crippen MR) is 61.6 cm³/mol. The van der Waals surface area contributed by atoms with Crippen molar-refractivity contribution >= 4 is 34.0 Å². The molecule has 0 spiro atoms. The molecule has 2 aromatic rings. The molecular formula is C10H9N3OS. The van der Waals surface area contributed by atoms with Crippen LogP contribution in [0.3, 0.4) is 0 Å². The maximum atomic E-state index is 10.8. The third-order valence-electron chi connectivity index (χ3n) is 1.99. The van der Waals surface area contributed by atoms with Gasteiger partial charge in [0.1, 0.15) is 4.99 Å². The Morgan fingerprint density at radius 2 is 2.33 bits per heavy atom. The van der Waals surface area contributed by atoms with Crippen LogP contribution in [-0.2, 0) is 4.79 Å². The monoisotopic (exact) mass is 219 g/mol. The van der Waals surface area contributed by atoms with Crippen molar-refractivity contribution in [1.82, 2.24) is 15.5 Å². The van der Waals surface area contributed by atoms with Gasteiger partial charge in [-0.15, -0.1) is 0 Å². The number of carbonyl (C=O) groups is 1. The molecule has 0 radical (unpaired) electrons. The Morgan fingerprint density at radius 1 is 1.53 bits per heavy atom. The zero-order valence-corrected chi connectivity index (χ0v) is 8.89. The first kappa shape index (κ1) is 9.79. The Labute approximate surface area is 91.7 Å². The minimum absolute atomic E-state index is 0.160. The van der Waals surface area contributed by atoms with Crippen LogP contribution in [-0.4, -0.2) is 21.1 Å². The zero-order valence-electron chi connectivity index (χ0n) is 8.07. The first-order chi connectivity index (χ1) is 7.16. The van der Waals surface area contributed by atoms with E-state index in [1.54, 1.807) is 6.20 Å². The summed E-state index contributed by atoms with van der Waals surface area (Å²) >= 11 is 5.07. The van der Waals surface area contributed by atoms with E-state index in [4.69, 9.17) is 12.2 Å². The van der Waals surface area contributed by atoms with E-state index in [0.717, 1.165) is 16.5 Å². The SMILES string of the molecule is CC(=O)NC(=S)c1ccc2[nH]ncc2c1. The van der Waals surface area contributed by atoms with Crippen LogP contribution in [0.2, 0.25) is 0 Å². The quantitative estimate of drug-likeness (QED) is 0.712. The number of nitrogens with one attached hydrogen (secondary N) is 2. The van der Waals surface area contributed by atoms with Crippen LogP contribution in [0.4, 0.5) is 0 Å². The molecule has 1 aromatic heterocycles. The Morgan fingerprint density at radius 3 is 3.07 bits per heavy atom. The molecule has 0 unspecified atom stereocenters. The number of nitrogens with zero attached hydrogens (tertiary/aromatic N) is 1. The fourth-order valence-electron chi connectivity index (χ4n) is 1.32. The summed E-state index contributed by atoms with van der Waals surface area (Å²) in [6.07, 6.45) is 1.72. The first-order valence-electron chi connectivity index (χ1n) is 4.42. The standard InChI is InChI=1S/C10H9N3OS/c1-6(14)12-10(15)7-2-3-9-8(4-7)5-11-13-9/h2-5H,1H3,(H,11,13)(H,12,14,15). The van der Waals surface area contributed by atoms with Gasteiger partial charge in [-0.25, -0.2) is 0 Å². The smallest absolute Gasteiger partial charge is 0.221 e. The largest absolute Gasteiger partial charge is 0.317 e. The van der Waals surface area contributed by atoms with Gasteiger partial charge in [-0.3, -0.25) is 9.89 Å². The maximum absolute atomic E-state index is 10.8. The molecule has 1 amide bonds. The number of benzene rings is 1. The minimum atomic E-state index is -0.160. The van der Waals surface area contributed by atoms with Crippen molar-refractivity contribution in [3.8, 4) is 0 Å². The molecule has 0 saturated carbocycles. The van der Waals surface area contributed by atoms with E-state index in [0.29, 0.717) is 4.99 Å². The van der Waals surface area contributed by atoms with E-state index in [1.165, 1.54) is 6.92 Å². The Bertz CT molecular complexity index is 532. The van der Waals surface area contributed by atoms with Gasteiger partial charge >= 0.3 is 0 Å². The van der Waals surface area contributed by atoms with Crippen LogP contribution in [0.1, 0.15) is 12.5 Å². The van der Waals surface area contributed by atoms with Crippen LogP contribution >= 0.6 is 12.2 Å². The highest BCUT2D eigenvalue weighted by Crippen LogP contribution is 2.12. The van der Waals surface area contributed by atoms with Crippen molar-refractivity contribution in [2.75, 3.05) is 0 Å². The lowest BCUT2D eigenvalue weighted by Crippen LogP contribution is -2.26. The van der Waals surface area contributed by atoms with Gasteiger partial charge in [-0.05, 0) is 18.2 Å². The van der Waals surface area contributed by atoms with Crippen molar-refractivity contribution in [2.24, 2.45) is 0 Å². The topological polar surface area (TPSA) is 57.8 Å². The van der Waals surface area contributed by atoms with Crippen molar-refractivity contribution in [2.45, 2.75) is 6.92 Å². The van der Waals surface area contributed by atoms with Gasteiger partial charge in [0, 0.05) is 17.9 Å². The molecule has 0 saturated heterocycles. The van der Waals surface area contributed by atoms with Crippen LogP contribution in [0.5, 0.6) is 0 Å². The van der Waals surface area contributed by atoms with Crippen molar-refractivity contribution in [1.29, 1.82) is 0 Å². The van der Waals surface area contributed by atoms with Gasteiger partial charge in [0.2, 0.25) is 5.91 Å². The summed E-state index contributed by atoms with van der Waals surface area (Å²) in [6.45, 7) is 1.43. The summed E-state index contributed by atoms with van der Waals surface area (Å²) in [6, 6.07) is 5.61. The summed E-state index contributed by atoms with van der Waals surface area (Å²) in [5.74, 6) is -0.160. The number of rotatable bonds is 1. The van der Waals surface area contributed by atoms with Crippen LogP contribution in [0.15, 0.2) is 24.4 Å². The summed E-state index contributed by atoms with van der Waals surface area (Å²) in [4.78, 5) is 11.3. The van der Waals surface area contributed by atoms with Crippen LogP contribution < -0.4 is 5.32 Å². The van der Waals surface area contributed by atoms with E-state index < -0.39 is 0 Å². The third-order valence-corrected chi connectivity index (χ3v) is 2.33. The molecule has 2 rings (SSSR count). The fourth-order valence-corrected chi connectivity index (χ4v) is 1.59. The molecule has 1 aromatic carbocycles. The van der Waals surface area contributed by atoms with E-state index in [2.05, 4.69) is 15.5 Å². The van der Waals surface area contributed by atoms with E-state index in [1.807, 2.05) is 18.2 Å². The second-order valence-corrected chi connectivity index (χ2v) is 3.59. The molecule has 15 heavy (non-hydrogen) atoms. The Hall–Kier alpha value is -1.75. The number of H-pyrrole nitrogens is 1. The van der Waals surface area contributed by atoms with E-state index in [9.17, 15) is 4.79 Å². The number of hydrogen-bond donors (Lipinski definition) is 2. The normalized spacial score (nSPS) is 10.2. The highest BCUT2D eigenvalue weighted by molar-refractivity contribution is 7.80. The number of aromatic amines is 1. The summed E-state index contributed by atoms with van der Waals surface area (Å²) in [5.41, 5.74) is 1.76. The number of hydrogen-bond acceptors (Lipinski definition) is 3. The van der Waals surface area contributed by atoms with Gasteiger partial charge < -0.3 is 5.32 Å². The lowest BCUT2D eigenvalue weighted by atomic mass is 10.1. The third kappa shape index (κ3) is 2.02. The fraction of sp³-hybridized carbons (Fsp3) is 0.100. The Balaban J connectivity index is 2.35. The summed E-state index contributed by atoms with van der Waals surface area (Å²) < 4.78 is 0. The lowest BCUT2D eigenvalue weighted by molar-refractivity contribution is -0.117. The van der Waals surface area contributed by atoms with Gasteiger partial charge in [0.05, 0.1) is 11.7 Å². The lowest BCUT2D eigenvalue weighted by Gasteiger charge is -2.03. The van der Waals surface area contributed by atoms with Crippen molar-refractivity contribution < 1.29 is 4.79 Å². The Kier molecular flexibility index (Phi) is 2.47. The maximum Gasteiger partial charge on any atom is 0.221 e. The predicted octanol–water partition coefficient (Wildman–Crippen LogP) is 1.37. The highest BCUT2D eigenvalue weighted by Gasteiger charge is 2.04. The zero-order chi connectivity index (χ0) is 10.8. The number of carbonyl (C=O) groups excluding carboxylic acids is 1. The molecule has 0 bridgehead atoms. The molecule has 0 aliphatic rings. The van der Waals surface area contributed by atoms with Crippen LogP contribution in [0, 0.1) is 0 Å². The molecule has 0 aliphatic heterocycles. The average Bonchev–Trinajstić information content (AvgIpc) is 2.62. The number of aromatic nitrogens is 2. The molecular weight excluding hydrogens is 210 g/mol. The van der Waals surface area contributed by atoms with E-state index >= 15 is 0 Å². The van der Waals surface area contributed by atoms with E-state index in [-0.39, 0.29) is 5.91 Å². The highest BCUT2D eigenvalue weighted by atomic mass is 32.1. The molecule has 4 nitrogen and oxygen atoms in total. The second-order valence-electron chi connectivity index (χ2n) is 3.18. The number of amides is 1. The molecule has 2 N–H and O–H groups in total. The van der Waals surface area contributed by atoms with Crippen molar-refractivity contribution in [3.05, 3.63) is 30.0 Å². The van der Waals surface area contributed by atoms with Gasteiger partial charge in [0.15, 0.2) is 0 Å². The first-order valence-corrected chi connectivity index (χ1v) is 4.83. The van der Waals surface area contributed by atoms with Gasteiger partial charge in [-0.1, -0.05) is 12.2 Å². The van der Waals surface area contributed by atoms with Gasteiger partial charge in [-0.2, -0.15) is 5.10 Å². The molecule has 1 heterocycles. The second kappa shape index (κ2) is 3.78. The van der Waals surface area contributed by atoms with Gasteiger partial charge in [0.25, 0.3) is 0 Å². The van der Waals surface area contributed by atoms with Crippen LogP contribution in [0.25, 0.3) is 10.9 Å².